The van der Waals surface area contributed by atoms with Gasteiger partial charge in [0.1, 0.15) is 17.1 Å². The number of methoxy groups -OCH3 is 1. The highest BCUT2D eigenvalue weighted by Crippen LogP contribution is 2.57. The van der Waals surface area contributed by atoms with E-state index in [1.807, 2.05) is 24.3 Å². The Morgan fingerprint density at radius 3 is 2.37 bits per heavy atom. The van der Waals surface area contributed by atoms with E-state index in [0.29, 0.717) is 0 Å². The maximum Gasteiger partial charge on any atom is 0.409 e. The molecule has 140 valence electrons. The Balaban J connectivity index is 1.67. The van der Waals surface area contributed by atoms with Gasteiger partial charge in [0.15, 0.2) is 0 Å². The van der Waals surface area contributed by atoms with Gasteiger partial charge in [0, 0.05) is 12.5 Å². The van der Waals surface area contributed by atoms with Crippen LogP contribution in [0.3, 0.4) is 0 Å². The number of hydrogen-bond donors (Lipinski definition) is 1. The minimum Gasteiger partial charge on any atom is -0.453 e. The van der Waals surface area contributed by atoms with Crippen LogP contribution in [0.4, 0.5) is 4.79 Å². The van der Waals surface area contributed by atoms with Crippen LogP contribution in [0.5, 0.6) is 0 Å². The van der Waals surface area contributed by atoms with Gasteiger partial charge < -0.3 is 14.6 Å². The molecule has 3 aliphatic rings. The van der Waals surface area contributed by atoms with Crippen molar-refractivity contribution in [3.8, 4) is 11.1 Å². The predicted molar refractivity (Wildman–Crippen MR) is 101 cm³/mol. The molecule has 2 aromatic rings. The number of ether oxygens (including phenoxy) is 2. The van der Waals surface area contributed by atoms with E-state index in [4.69, 9.17) is 21.1 Å². The topological polar surface area (TPSA) is 59.0 Å². The van der Waals surface area contributed by atoms with Gasteiger partial charge in [0.25, 0.3) is 0 Å². The largest absolute Gasteiger partial charge is 0.453 e. The number of likely N-dealkylation sites (tertiary alicyclic amines) is 1. The summed E-state index contributed by atoms with van der Waals surface area (Å²) in [6.45, 7) is 0.411. The normalized spacial score (nSPS) is 31.5. The number of alkyl halides is 1. The summed E-state index contributed by atoms with van der Waals surface area (Å²) in [5.74, 6) is -0.140. The molecule has 1 amide bonds. The van der Waals surface area contributed by atoms with Crippen molar-refractivity contribution in [1.29, 1.82) is 0 Å². The number of hydrogen-bond acceptors (Lipinski definition) is 4. The number of fused-ring (bicyclic) bond motifs is 4. The second kappa shape index (κ2) is 5.96. The van der Waals surface area contributed by atoms with Crippen LogP contribution >= 0.6 is 11.6 Å². The van der Waals surface area contributed by atoms with Crippen LogP contribution in [0.1, 0.15) is 17.0 Å². The van der Waals surface area contributed by atoms with Gasteiger partial charge in [-0.1, -0.05) is 48.5 Å². The highest BCUT2D eigenvalue weighted by Gasteiger charge is 2.64. The Hall–Kier alpha value is -2.08. The fourth-order valence-electron chi connectivity index (χ4n) is 5.08. The first-order valence-electron chi connectivity index (χ1n) is 9.07. The van der Waals surface area contributed by atoms with Gasteiger partial charge in [-0.15, -0.1) is 11.6 Å². The van der Waals surface area contributed by atoms with Gasteiger partial charge in [0.2, 0.25) is 0 Å². The molecular weight excluding hydrogens is 366 g/mol. The number of carbonyl (C=O) groups excluding carboxylic acids is 1. The Labute approximate surface area is 162 Å². The van der Waals surface area contributed by atoms with E-state index in [1.54, 1.807) is 0 Å². The number of aliphatic hydroxyl groups is 1. The van der Waals surface area contributed by atoms with Crippen molar-refractivity contribution >= 4 is 17.7 Å². The van der Waals surface area contributed by atoms with Crippen molar-refractivity contribution in [3.05, 3.63) is 59.7 Å². The predicted octanol–water partition coefficient (Wildman–Crippen LogP) is 2.99. The lowest BCUT2D eigenvalue weighted by atomic mass is 9.80. The molecule has 2 heterocycles. The van der Waals surface area contributed by atoms with Gasteiger partial charge in [-0.3, -0.25) is 4.90 Å². The summed E-state index contributed by atoms with van der Waals surface area (Å²) in [6, 6.07) is 15.9. The number of amides is 1. The quantitative estimate of drug-likeness (QED) is 0.767. The van der Waals surface area contributed by atoms with Crippen molar-refractivity contribution < 1.29 is 19.4 Å². The Morgan fingerprint density at radius 1 is 1.19 bits per heavy atom. The summed E-state index contributed by atoms with van der Waals surface area (Å²) in [7, 11) is 1.34. The first-order valence-corrected chi connectivity index (χ1v) is 9.45. The lowest BCUT2D eigenvalue weighted by Gasteiger charge is -2.34. The zero-order valence-electron chi connectivity index (χ0n) is 14.8. The third kappa shape index (κ3) is 2.22. The van der Waals surface area contributed by atoms with Crippen LogP contribution in [0.25, 0.3) is 11.1 Å². The van der Waals surface area contributed by atoms with E-state index >= 15 is 0 Å². The molecule has 5 rings (SSSR count). The second-order valence-corrected chi connectivity index (χ2v) is 8.15. The molecular formula is C21H20ClNO4. The molecule has 2 aromatic carbocycles. The van der Waals surface area contributed by atoms with Crippen LogP contribution in [-0.4, -0.2) is 59.5 Å². The molecule has 0 saturated carbocycles. The zero-order valence-corrected chi connectivity index (χ0v) is 15.6. The minimum atomic E-state index is -0.890. The number of benzene rings is 2. The standard InChI is InChI=1S/C21H20ClNO4/c1-26-20(25)23-11-21(22,19-18(23)16(24)10-27-19)17-14-8-4-2-6-12(14)13-7-3-5-9-15(13)17/h2-9,16-19,24H,10-11H2,1H3/t16-,18+,19-,21-/m0/s1. The molecule has 0 aromatic heterocycles. The third-order valence-electron chi connectivity index (χ3n) is 6.12. The van der Waals surface area contributed by atoms with E-state index < -0.39 is 29.2 Å². The van der Waals surface area contributed by atoms with Crippen LogP contribution in [0.15, 0.2) is 48.5 Å². The first kappa shape index (κ1) is 17.0. The van der Waals surface area contributed by atoms with E-state index in [1.165, 1.54) is 12.0 Å². The summed E-state index contributed by atoms with van der Waals surface area (Å²) in [5.41, 5.74) is 4.57. The number of carbonyl (C=O) groups is 1. The fourth-order valence-corrected chi connectivity index (χ4v) is 5.64. The number of halogens is 1. The van der Waals surface area contributed by atoms with Crippen molar-refractivity contribution in [2.75, 3.05) is 20.3 Å². The Bertz CT molecular complexity index is 873. The molecule has 27 heavy (non-hydrogen) atoms. The summed E-state index contributed by atoms with van der Waals surface area (Å²) < 4.78 is 10.9. The molecule has 2 saturated heterocycles. The smallest absolute Gasteiger partial charge is 0.409 e. The molecule has 0 spiro atoms. The Morgan fingerprint density at radius 2 is 1.78 bits per heavy atom. The van der Waals surface area contributed by atoms with E-state index in [9.17, 15) is 9.90 Å². The molecule has 0 radical (unpaired) electrons. The zero-order chi connectivity index (χ0) is 18.8. The monoisotopic (exact) mass is 385 g/mol. The van der Waals surface area contributed by atoms with Gasteiger partial charge in [-0.2, -0.15) is 0 Å². The average Bonchev–Trinajstić information content (AvgIpc) is 3.33. The van der Waals surface area contributed by atoms with Crippen LogP contribution in [-0.2, 0) is 9.47 Å². The lowest BCUT2D eigenvalue weighted by molar-refractivity contribution is 0.0629. The molecule has 6 heteroatoms. The number of aliphatic hydroxyl groups excluding tert-OH is 1. The highest BCUT2D eigenvalue weighted by molar-refractivity contribution is 6.26. The van der Waals surface area contributed by atoms with Gasteiger partial charge >= 0.3 is 6.09 Å². The summed E-state index contributed by atoms with van der Waals surface area (Å²) in [5, 5.41) is 10.4. The molecule has 4 atom stereocenters. The molecule has 5 nitrogen and oxygen atoms in total. The number of rotatable bonds is 1. The number of nitrogens with zero attached hydrogens (tertiary/aromatic N) is 1. The van der Waals surface area contributed by atoms with Crippen molar-refractivity contribution in [2.24, 2.45) is 0 Å². The van der Waals surface area contributed by atoms with Gasteiger partial charge in [-0.25, -0.2) is 4.79 Å². The molecule has 2 aliphatic heterocycles. The average molecular weight is 386 g/mol. The van der Waals surface area contributed by atoms with Crippen LogP contribution < -0.4 is 0 Å². The van der Waals surface area contributed by atoms with Gasteiger partial charge in [0.05, 0.1) is 19.8 Å². The van der Waals surface area contributed by atoms with E-state index in [0.717, 1.165) is 22.3 Å². The van der Waals surface area contributed by atoms with Gasteiger partial charge in [-0.05, 0) is 22.3 Å². The maximum absolute atomic E-state index is 12.4. The van der Waals surface area contributed by atoms with E-state index in [2.05, 4.69) is 24.3 Å². The molecule has 2 fully saturated rings. The second-order valence-electron chi connectivity index (χ2n) is 7.44. The Kier molecular flexibility index (Phi) is 3.76. The van der Waals surface area contributed by atoms with Crippen molar-refractivity contribution in [3.63, 3.8) is 0 Å². The SMILES string of the molecule is COC(=O)N1C[C@](Cl)(C2c3ccccc3-c3ccccc32)[C@H]2OC[C@H](O)[C@H]21. The maximum atomic E-state index is 12.4. The van der Waals surface area contributed by atoms with Crippen molar-refractivity contribution in [1.82, 2.24) is 4.90 Å². The van der Waals surface area contributed by atoms with Crippen molar-refractivity contribution in [2.45, 2.75) is 29.0 Å². The highest BCUT2D eigenvalue weighted by atomic mass is 35.5. The third-order valence-corrected chi connectivity index (χ3v) is 6.67. The summed E-state index contributed by atoms with van der Waals surface area (Å²) >= 11 is 7.31. The lowest BCUT2D eigenvalue weighted by Crippen LogP contribution is -2.44. The van der Waals surface area contributed by atoms with Crippen LogP contribution in [0, 0.1) is 0 Å². The molecule has 1 N–H and O–H groups in total. The summed E-state index contributed by atoms with van der Waals surface area (Å²) in [6.07, 6.45) is -1.74. The molecule has 0 unspecified atom stereocenters. The van der Waals surface area contributed by atoms with Crippen LogP contribution in [0.2, 0.25) is 0 Å². The molecule has 0 bridgehead atoms. The first-order chi connectivity index (χ1) is 13.1. The summed E-state index contributed by atoms with van der Waals surface area (Å²) in [4.78, 5) is 13.0. The van der Waals surface area contributed by atoms with E-state index in [-0.39, 0.29) is 19.1 Å². The molecule has 1 aliphatic carbocycles. The fraction of sp³-hybridized carbons (Fsp3) is 0.381. The minimum absolute atomic E-state index is 0.140.